The molecule has 6 nitrogen and oxygen atoms in total. The van der Waals surface area contributed by atoms with Crippen LogP contribution in [0.1, 0.15) is 32.1 Å². The topological polar surface area (TPSA) is 66.0 Å². The van der Waals surface area contributed by atoms with Crippen molar-refractivity contribution in [2.75, 3.05) is 33.3 Å². The summed E-state index contributed by atoms with van der Waals surface area (Å²) in [6.07, 6.45) is 5.38. The van der Waals surface area contributed by atoms with Gasteiger partial charge in [0.05, 0.1) is 6.54 Å². The summed E-state index contributed by atoms with van der Waals surface area (Å²) in [5.41, 5.74) is 0. The third-order valence-corrected chi connectivity index (χ3v) is 5.23. The number of carbonyl (C=O) groups excluding carboxylic acids is 1. The average molecular weight is 376 g/mol. The maximum Gasteiger partial charge on any atom is 0.225 e. The molecule has 0 bridgehead atoms. The second kappa shape index (κ2) is 9.58. The summed E-state index contributed by atoms with van der Waals surface area (Å²) >= 11 is 0. The third-order valence-electron chi connectivity index (χ3n) is 5.23. The van der Waals surface area contributed by atoms with E-state index in [1.54, 1.807) is 19.2 Å². The molecule has 0 radical (unpaired) electrons. The van der Waals surface area contributed by atoms with Crippen molar-refractivity contribution in [2.45, 2.75) is 38.1 Å². The Balaban J connectivity index is 1.37. The van der Waals surface area contributed by atoms with Crippen LogP contribution < -0.4 is 15.4 Å². The normalized spacial score (nSPS) is 20.7. The monoisotopic (exact) mass is 376 g/mol. The number of hydrogen-bond donors (Lipinski definition) is 2. The van der Waals surface area contributed by atoms with Gasteiger partial charge in [0, 0.05) is 38.2 Å². The van der Waals surface area contributed by atoms with E-state index in [0.717, 1.165) is 32.4 Å². The molecule has 1 aromatic carbocycles. The number of aliphatic imine (C=N–C) groups is 1. The molecule has 1 atom stereocenters. The van der Waals surface area contributed by atoms with Gasteiger partial charge in [-0.05, 0) is 31.4 Å². The lowest BCUT2D eigenvalue weighted by Crippen LogP contribution is -2.46. The van der Waals surface area contributed by atoms with Crippen molar-refractivity contribution in [2.24, 2.45) is 10.9 Å². The maximum atomic E-state index is 13.1. The predicted octanol–water partition coefficient (Wildman–Crippen LogP) is 2.16. The minimum absolute atomic E-state index is 0.214. The van der Waals surface area contributed by atoms with Crippen LogP contribution in [0.3, 0.4) is 0 Å². The van der Waals surface area contributed by atoms with E-state index >= 15 is 0 Å². The molecule has 1 amide bonds. The highest BCUT2D eigenvalue weighted by atomic mass is 19.1. The third kappa shape index (κ3) is 5.58. The van der Waals surface area contributed by atoms with Crippen LogP contribution in [-0.2, 0) is 4.79 Å². The second-order valence-corrected chi connectivity index (χ2v) is 7.20. The fraction of sp³-hybridized carbons (Fsp3) is 0.600. The Morgan fingerprint density at radius 2 is 2.15 bits per heavy atom. The zero-order chi connectivity index (χ0) is 19.1. The van der Waals surface area contributed by atoms with Gasteiger partial charge in [0.15, 0.2) is 5.96 Å². The van der Waals surface area contributed by atoms with E-state index in [9.17, 15) is 9.18 Å². The fourth-order valence-electron chi connectivity index (χ4n) is 3.79. The highest BCUT2D eigenvalue weighted by Gasteiger charge is 2.32. The van der Waals surface area contributed by atoms with Gasteiger partial charge in [-0.1, -0.05) is 18.9 Å². The van der Waals surface area contributed by atoms with Gasteiger partial charge < -0.3 is 20.3 Å². The maximum absolute atomic E-state index is 13.1. The summed E-state index contributed by atoms with van der Waals surface area (Å²) < 4.78 is 18.6. The molecule has 1 saturated carbocycles. The minimum atomic E-state index is -0.309. The lowest BCUT2D eigenvalue weighted by atomic mass is 10.1. The summed E-state index contributed by atoms with van der Waals surface area (Å²) in [7, 11) is 1.72. The lowest BCUT2D eigenvalue weighted by molar-refractivity contribution is -0.134. The molecule has 7 heteroatoms. The fourth-order valence-corrected chi connectivity index (χ4v) is 3.79. The molecule has 1 heterocycles. The molecule has 2 aliphatic rings. The molecule has 27 heavy (non-hydrogen) atoms. The molecule has 1 aliphatic heterocycles. The number of likely N-dealkylation sites (tertiary alicyclic amines) is 1. The standard InChI is InChI=1S/C20H29FN4O2/c1-22-20(23-10-12-27-18-8-4-7-16(21)13-18)24-17-9-11-25(14-17)19(26)15-5-2-3-6-15/h4,7-8,13,15,17H,2-3,5-6,9-12,14H2,1H3,(H2,22,23,24). The Labute approximate surface area is 160 Å². The summed E-state index contributed by atoms with van der Waals surface area (Å²) in [5.74, 6) is 1.45. The van der Waals surface area contributed by atoms with Gasteiger partial charge in [0.2, 0.25) is 5.91 Å². The number of guanidine groups is 1. The average Bonchev–Trinajstić information content (AvgIpc) is 3.36. The summed E-state index contributed by atoms with van der Waals surface area (Å²) in [4.78, 5) is 18.8. The first-order chi connectivity index (χ1) is 13.2. The van der Waals surface area contributed by atoms with Crippen LogP contribution in [0.15, 0.2) is 29.3 Å². The molecular weight excluding hydrogens is 347 g/mol. The Hall–Kier alpha value is -2.31. The number of benzene rings is 1. The van der Waals surface area contributed by atoms with Crippen molar-refractivity contribution in [3.8, 4) is 5.75 Å². The number of amides is 1. The molecule has 1 aliphatic carbocycles. The van der Waals surface area contributed by atoms with Crippen molar-refractivity contribution in [3.05, 3.63) is 30.1 Å². The number of halogens is 1. The van der Waals surface area contributed by atoms with Gasteiger partial charge >= 0.3 is 0 Å². The highest BCUT2D eigenvalue weighted by Crippen LogP contribution is 2.27. The zero-order valence-corrected chi connectivity index (χ0v) is 15.9. The van der Waals surface area contributed by atoms with Crippen molar-refractivity contribution < 1.29 is 13.9 Å². The van der Waals surface area contributed by atoms with E-state index in [1.165, 1.54) is 25.0 Å². The van der Waals surface area contributed by atoms with Gasteiger partial charge in [-0.15, -0.1) is 0 Å². The largest absolute Gasteiger partial charge is 0.492 e. The van der Waals surface area contributed by atoms with Crippen molar-refractivity contribution in [3.63, 3.8) is 0 Å². The van der Waals surface area contributed by atoms with E-state index < -0.39 is 0 Å². The van der Waals surface area contributed by atoms with Gasteiger partial charge in [-0.2, -0.15) is 0 Å². The van der Waals surface area contributed by atoms with Crippen LogP contribution in [0.4, 0.5) is 4.39 Å². The molecule has 0 aromatic heterocycles. The number of nitrogens with zero attached hydrogens (tertiary/aromatic N) is 2. The molecule has 2 N–H and O–H groups in total. The number of nitrogens with one attached hydrogen (secondary N) is 2. The van der Waals surface area contributed by atoms with Gasteiger partial charge in [-0.3, -0.25) is 9.79 Å². The first kappa shape index (κ1) is 19.5. The van der Waals surface area contributed by atoms with E-state index in [-0.39, 0.29) is 17.8 Å². The molecule has 1 unspecified atom stereocenters. The molecule has 1 saturated heterocycles. The smallest absolute Gasteiger partial charge is 0.225 e. The Kier molecular flexibility index (Phi) is 6.90. The number of hydrogen-bond acceptors (Lipinski definition) is 3. The second-order valence-electron chi connectivity index (χ2n) is 7.20. The Morgan fingerprint density at radius 1 is 1.33 bits per heavy atom. The molecular formula is C20H29FN4O2. The predicted molar refractivity (Wildman–Crippen MR) is 103 cm³/mol. The van der Waals surface area contributed by atoms with Crippen LogP contribution in [0.5, 0.6) is 5.75 Å². The van der Waals surface area contributed by atoms with Crippen LogP contribution >= 0.6 is 0 Å². The molecule has 3 rings (SSSR count). The van der Waals surface area contributed by atoms with E-state index in [2.05, 4.69) is 15.6 Å². The number of ether oxygens (including phenoxy) is 1. The molecule has 0 spiro atoms. The van der Waals surface area contributed by atoms with Crippen molar-refractivity contribution in [1.29, 1.82) is 0 Å². The Morgan fingerprint density at radius 3 is 2.89 bits per heavy atom. The lowest BCUT2D eigenvalue weighted by Gasteiger charge is -2.21. The van der Waals surface area contributed by atoms with Crippen LogP contribution in [0, 0.1) is 11.7 Å². The van der Waals surface area contributed by atoms with E-state index in [4.69, 9.17) is 4.74 Å². The highest BCUT2D eigenvalue weighted by molar-refractivity contribution is 5.81. The molecule has 1 aromatic rings. The van der Waals surface area contributed by atoms with Crippen molar-refractivity contribution in [1.82, 2.24) is 15.5 Å². The minimum Gasteiger partial charge on any atom is -0.492 e. The van der Waals surface area contributed by atoms with Gasteiger partial charge in [0.1, 0.15) is 18.2 Å². The van der Waals surface area contributed by atoms with Gasteiger partial charge in [-0.25, -0.2) is 4.39 Å². The van der Waals surface area contributed by atoms with E-state index in [1.807, 2.05) is 4.90 Å². The quantitative estimate of drug-likeness (QED) is 0.454. The summed E-state index contributed by atoms with van der Waals surface area (Å²) in [6.45, 7) is 2.50. The summed E-state index contributed by atoms with van der Waals surface area (Å²) in [5, 5.41) is 6.58. The van der Waals surface area contributed by atoms with Crippen molar-refractivity contribution >= 4 is 11.9 Å². The summed E-state index contributed by atoms with van der Waals surface area (Å²) in [6, 6.07) is 6.31. The number of rotatable bonds is 6. The Bertz CT molecular complexity index is 661. The first-order valence-electron chi connectivity index (χ1n) is 9.80. The SMILES string of the molecule is CN=C(NCCOc1cccc(F)c1)NC1CCN(C(=O)C2CCCC2)C1. The molecule has 2 fully saturated rings. The van der Waals surface area contributed by atoms with Crippen LogP contribution in [-0.4, -0.2) is 56.1 Å². The molecule has 148 valence electrons. The van der Waals surface area contributed by atoms with Crippen LogP contribution in [0.25, 0.3) is 0 Å². The van der Waals surface area contributed by atoms with Gasteiger partial charge in [0.25, 0.3) is 0 Å². The first-order valence-corrected chi connectivity index (χ1v) is 9.80. The van der Waals surface area contributed by atoms with Crippen LogP contribution in [0.2, 0.25) is 0 Å². The van der Waals surface area contributed by atoms with E-state index in [0.29, 0.717) is 30.8 Å². The number of carbonyl (C=O) groups is 1. The zero-order valence-electron chi connectivity index (χ0n) is 15.9.